The zero-order valence-electron chi connectivity index (χ0n) is 14.3. The molecular formula is C19H14F4N4O. The van der Waals surface area contributed by atoms with Crippen LogP contribution < -0.4 is 10.6 Å². The van der Waals surface area contributed by atoms with Crippen molar-refractivity contribution < 1.29 is 22.4 Å². The molecule has 0 aliphatic rings. The van der Waals surface area contributed by atoms with Crippen molar-refractivity contribution in [3.63, 3.8) is 0 Å². The van der Waals surface area contributed by atoms with E-state index >= 15 is 0 Å². The number of benzene rings is 2. The number of anilines is 2. The van der Waals surface area contributed by atoms with Gasteiger partial charge in [-0.3, -0.25) is 4.79 Å². The van der Waals surface area contributed by atoms with Crippen molar-refractivity contribution in [2.75, 3.05) is 10.6 Å². The molecule has 0 saturated heterocycles. The molecule has 0 aliphatic heterocycles. The van der Waals surface area contributed by atoms with Crippen LogP contribution in [-0.2, 0) is 12.7 Å². The number of nitrogens with one attached hydrogen (secondary N) is 2. The van der Waals surface area contributed by atoms with Crippen LogP contribution in [0.15, 0.2) is 60.7 Å². The van der Waals surface area contributed by atoms with Crippen LogP contribution in [0.2, 0.25) is 0 Å². The van der Waals surface area contributed by atoms with E-state index in [9.17, 15) is 22.4 Å². The summed E-state index contributed by atoms with van der Waals surface area (Å²) in [6.45, 7) is 0.207. The molecule has 2 aromatic carbocycles. The number of carbonyl (C=O) groups is 1. The SMILES string of the molecule is O=C(Nc1ccc(NCc2ccccc2F)nn1)c1ccc(C(F)(F)F)cc1. The molecule has 0 saturated carbocycles. The minimum Gasteiger partial charge on any atom is -0.364 e. The first-order valence-electron chi connectivity index (χ1n) is 8.12. The van der Waals surface area contributed by atoms with Crippen molar-refractivity contribution in [2.24, 2.45) is 0 Å². The Morgan fingerprint density at radius 1 is 0.893 bits per heavy atom. The lowest BCUT2D eigenvalue weighted by Crippen LogP contribution is -2.14. The van der Waals surface area contributed by atoms with E-state index in [1.165, 1.54) is 18.2 Å². The Bertz CT molecular complexity index is 957. The highest BCUT2D eigenvalue weighted by molar-refractivity contribution is 6.03. The maximum Gasteiger partial charge on any atom is 0.416 e. The zero-order valence-corrected chi connectivity index (χ0v) is 14.3. The fourth-order valence-corrected chi connectivity index (χ4v) is 2.32. The minimum absolute atomic E-state index is 0.0524. The lowest BCUT2D eigenvalue weighted by atomic mass is 10.1. The van der Waals surface area contributed by atoms with Crippen LogP contribution in [-0.4, -0.2) is 16.1 Å². The molecular weight excluding hydrogens is 376 g/mol. The molecule has 0 unspecified atom stereocenters. The van der Waals surface area contributed by atoms with E-state index in [1.807, 2.05) is 0 Å². The maximum absolute atomic E-state index is 13.6. The summed E-state index contributed by atoms with van der Waals surface area (Å²) in [5, 5.41) is 13.0. The van der Waals surface area contributed by atoms with Crippen LogP contribution in [0.25, 0.3) is 0 Å². The second-order valence-electron chi connectivity index (χ2n) is 5.78. The fourth-order valence-electron chi connectivity index (χ4n) is 2.32. The lowest BCUT2D eigenvalue weighted by Gasteiger charge is -2.09. The maximum atomic E-state index is 13.6. The van der Waals surface area contributed by atoms with Crippen molar-refractivity contribution in [3.8, 4) is 0 Å². The number of nitrogens with zero attached hydrogens (tertiary/aromatic N) is 2. The highest BCUT2D eigenvalue weighted by Crippen LogP contribution is 2.29. The Labute approximate surface area is 157 Å². The van der Waals surface area contributed by atoms with Crippen LogP contribution in [0.4, 0.5) is 29.2 Å². The van der Waals surface area contributed by atoms with Gasteiger partial charge in [-0.25, -0.2) is 4.39 Å². The summed E-state index contributed by atoms with van der Waals surface area (Å²) in [5.74, 6) is -0.462. The zero-order chi connectivity index (χ0) is 20.1. The summed E-state index contributed by atoms with van der Waals surface area (Å²) in [4.78, 5) is 12.1. The first-order valence-corrected chi connectivity index (χ1v) is 8.12. The number of hydrogen-bond acceptors (Lipinski definition) is 4. The third-order valence-electron chi connectivity index (χ3n) is 3.80. The fraction of sp³-hybridized carbons (Fsp3) is 0.105. The van der Waals surface area contributed by atoms with Gasteiger partial charge in [0.1, 0.15) is 11.6 Å². The van der Waals surface area contributed by atoms with Crippen molar-refractivity contribution >= 4 is 17.5 Å². The average molecular weight is 390 g/mol. The molecule has 9 heteroatoms. The van der Waals surface area contributed by atoms with Crippen LogP contribution in [0.5, 0.6) is 0 Å². The van der Waals surface area contributed by atoms with Gasteiger partial charge in [0, 0.05) is 17.7 Å². The number of alkyl halides is 3. The minimum atomic E-state index is -4.47. The standard InChI is InChI=1S/C19H14F4N4O/c20-15-4-2-1-3-13(15)11-24-16-9-10-17(27-26-16)25-18(28)12-5-7-14(8-6-12)19(21,22)23/h1-10H,11H2,(H,24,26)(H,25,27,28). The molecule has 0 aliphatic carbocycles. The quantitative estimate of drug-likeness (QED) is 0.630. The predicted molar refractivity (Wildman–Crippen MR) is 95.2 cm³/mol. The molecule has 3 rings (SSSR count). The summed E-state index contributed by atoms with van der Waals surface area (Å²) in [7, 11) is 0. The number of hydrogen-bond donors (Lipinski definition) is 2. The molecule has 0 atom stereocenters. The molecule has 3 aromatic rings. The van der Waals surface area contributed by atoms with E-state index in [0.29, 0.717) is 11.4 Å². The summed E-state index contributed by atoms with van der Waals surface area (Å²) in [6.07, 6.45) is -4.47. The van der Waals surface area contributed by atoms with Crippen molar-refractivity contribution in [3.05, 3.63) is 83.2 Å². The van der Waals surface area contributed by atoms with Crippen molar-refractivity contribution in [1.29, 1.82) is 0 Å². The highest BCUT2D eigenvalue weighted by Gasteiger charge is 2.30. The van der Waals surface area contributed by atoms with Gasteiger partial charge in [-0.1, -0.05) is 18.2 Å². The molecule has 1 aromatic heterocycles. The van der Waals surface area contributed by atoms with E-state index in [4.69, 9.17) is 0 Å². The highest BCUT2D eigenvalue weighted by atomic mass is 19.4. The third kappa shape index (κ3) is 4.81. The topological polar surface area (TPSA) is 66.9 Å². The van der Waals surface area contributed by atoms with E-state index < -0.39 is 17.6 Å². The van der Waals surface area contributed by atoms with Gasteiger partial charge in [-0.2, -0.15) is 13.2 Å². The third-order valence-corrected chi connectivity index (χ3v) is 3.80. The van der Waals surface area contributed by atoms with Gasteiger partial charge in [0.25, 0.3) is 5.91 Å². The van der Waals surface area contributed by atoms with E-state index in [-0.39, 0.29) is 23.7 Å². The molecule has 0 bridgehead atoms. The summed E-state index contributed by atoms with van der Waals surface area (Å²) >= 11 is 0. The molecule has 28 heavy (non-hydrogen) atoms. The van der Waals surface area contributed by atoms with Gasteiger partial charge in [-0.05, 0) is 42.5 Å². The average Bonchev–Trinajstić information content (AvgIpc) is 2.68. The summed E-state index contributed by atoms with van der Waals surface area (Å²) in [6, 6.07) is 13.1. The molecule has 144 valence electrons. The van der Waals surface area contributed by atoms with Gasteiger partial charge in [0.05, 0.1) is 5.56 Å². The largest absolute Gasteiger partial charge is 0.416 e. The van der Waals surface area contributed by atoms with E-state index in [0.717, 1.165) is 24.3 Å². The van der Waals surface area contributed by atoms with Gasteiger partial charge in [-0.15, -0.1) is 10.2 Å². The Morgan fingerprint density at radius 3 is 2.14 bits per heavy atom. The van der Waals surface area contributed by atoms with Gasteiger partial charge < -0.3 is 10.6 Å². The summed E-state index contributed by atoms with van der Waals surface area (Å²) in [5.41, 5.74) is -0.324. The predicted octanol–water partition coefficient (Wildman–Crippen LogP) is 4.50. The monoisotopic (exact) mass is 390 g/mol. The molecule has 1 amide bonds. The molecule has 0 radical (unpaired) electrons. The number of carbonyl (C=O) groups excluding carboxylic acids is 1. The number of amides is 1. The van der Waals surface area contributed by atoms with Crippen LogP contribution in [0, 0.1) is 5.82 Å². The molecule has 0 spiro atoms. The molecule has 5 nitrogen and oxygen atoms in total. The van der Waals surface area contributed by atoms with Crippen LogP contribution >= 0.6 is 0 Å². The van der Waals surface area contributed by atoms with Crippen molar-refractivity contribution in [2.45, 2.75) is 12.7 Å². The second-order valence-corrected chi connectivity index (χ2v) is 5.78. The van der Waals surface area contributed by atoms with Gasteiger partial charge in [0.15, 0.2) is 5.82 Å². The van der Waals surface area contributed by atoms with E-state index in [2.05, 4.69) is 20.8 Å². The lowest BCUT2D eigenvalue weighted by molar-refractivity contribution is -0.137. The van der Waals surface area contributed by atoms with Crippen LogP contribution in [0.3, 0.4) is 0 Å². The summed E-state index contributed by atoms with van der Waals surface area (Å²) < 4.78 is 51.2. The van der Waals surface area contributed by atoms with Gasteiger partial charge in [0.2, 0.25) is 0 Å². The number of rotatable bonds is 5. The number of aromatic nitrogens is 2. The van der Waals surface area contributed by atoms with E-state index in [1.54, 1.807) is 18.2 Å². The smallest absolute Gasteiger partial charge is 0.364 e. The first kappa shape index (κ1) is 19.3. The van der Waals surface area contributed by atoms with Gasteiger partial charge >= 0.3 is 6.18 Å². The normalized spacial score (nSPS) is 11.1. The number of halogens is 4. The Balaban J connectivity index is 1.59. The van der Waals surface area contributed by atoms with Crippen molar-refractivity contribution in [1.82, 2.24) is 10.2 Å². The van der Waals surface area contributed by atoms with Crippen LogP contribution in [0.1, 0.15) is 21.5 Å². The Hall–Kier alpha value is -3.49. The molecule has 0 fully saturated rings. The Kier molecular flexibility index (Phi) is 5.53. The first-order chi connectivity index (χ1) is 13.3. The molecule has 2 N–H and O–H groups in total. The second kappa shape index (κ2) is 8.03. The molecule has 1 heterocycles. The Morgan fingerprint density at radius 2 is 1.54 bits per heavy atom.